The molecule has 2 rings (SSSR count). The Bertz CT molecular complexity index is 787. The van der Waals surface area contributed by atoms with Crippen LogP contribution >= 0.6 is 0 Å². The van der Waals surface area contributed by atoms with Crippen LogP contribution in [-0.2, 0) is 15.7 Å². The van der Waals surface area contributed by atoms with Gasteiger partial charge in [-0.2, -0.15) is 13.2 Å². The molecule has 3 atom stereocenters. The van der Waals surface area contributed by atoms with Gasteiger partial charge in [-0.3, -0.25) is 4.79 Å². The molecule has 9 heteroatoms. The molecule has 29 heavy (non-hydrogen) atoms. The van der Waals surface area contributed by atoms with Crippen LogP contribution < -0.4 is 9.47 Å². The summed E-state index contributed by atoms with van der Waals surface area (Å²) in [6.45, 7) is 2.84. The third-order valence-corrected chi connectivity index (χ3v) is 3.78. The Hall–Kier alpha value is -2.78. The zero-order valence-corrected chi connectivity index (χ0v) is 15.7. The average molecular weight is 414 g/mol. The molecule has 2 N–H and O–H groups in total. The fourth-order valence-corrected chi connectivity index (χ4v) is 2.30. The highest BCUT2D eigenvalue weighted by molar-refractivity contribution is 5.70. The first kappa shape index (κ1) is 22.5. The summed E-state index contributed by atoms with van der Waals surface area (Å²) in [5.74, 6) is 0.251. The fraction of sp³-hybridized carbons (Fsp3) is 0.350. The molecule has 0 saturated heterocycles. The molecule has 0 fully saturated rings. The number of hydrogen-bond donors (Lipinski definition) is 2. The van der Waals surface area contributed by atoms with Gasteiger partial charge in [-0.25, -0.2) is 0 Å². The van der Waals surface area contributed by atoms with E-state index in [4.69, 9.17) is 14.6 Å². The lowest BCUT2D eigenvalue weighted by Crippen LogP contribution is -2.32. The van der Waals surface area contributed by atoms with Gasteiger partial charge in [0.2, 0.25) is 0 Å². The monoisotopic (exact) mass is 414 g/mol. The molecule has 158 valence electrons. The second kappa shape index (κ2) is 9.62. The molecule has 0 aliphatic heterocycles. The Balaban J connectivity index is 1.90. The molecule has 0 amide bonds. The van der Waals surface area contributed by atoms with E-state index < -0.39 is 36.2 Å². The summed E-state index contributed by atoms with van der Waals surface area (Å²) in [7, 11) is 0. The first-order valence-corrected chi connectivity index (χ1v) is 8.72. The minimum Gasteiger partial charge on any atom is -0.488 e. The lowest BCUT2D eigenvalue weighted by Gasteiger charge is -2.20. The Morgan fingerprint density at radius 2 is 1.41 bits per heavy atom. The number of ether oxygens (including phenoxy) is 3. The number of esters is 1. The molecule has 0 saturated carbocycles. The molecule has 0 heterocycles. The van der Waals surface area contributed by atoms with E-state index in [0.717, 1.165) is 12.1 Å². The van der Waals surface area contributed by atoms with Crippen LogP contribution in [0.1, 0.15) is 25.8 Å². The van der Waals surface area contributed by atoms with Crippen LogP contribution in [0.5, 0.6) is 17.2 Å². The molecule has 3 unspecified atom stereocenters. The van der Waals surface area contributed by atoms with Gasteiger partial charge < -0.3 is 24.4 Å². The van der Waals surface area contributed by atoms with Crippen molar-refractivity contribution in [2.75, 3.05) is 0 Å². The molecule has 2 aromatic carbocycles. The normalized spacial score (nSPS) is 14.6. The highest BCUT2D eigenvalue weighted by Gasteiger charge is 2.30. The zero-order valence-electron chi connectivity index (χ0n) is 15.7. The van der Waals surface area contributed by atoms with Gasteiger partial charge in [0.15, 0.2) is 6.29 Å². The molecular weight excluding hydrogens is 393 g/mol. The summed E-state index contributed by atoms with van der Waals surface area (Å²) in [5, 5.41) is 19.0. The van der Waals surface area contributed by atoms with E-state index in [0.29, 0.717) is 11.5 Å². The predicted molar refractivity (Wildman–Crippen MR) is 96.4 cm³/mol. The topological polar surface area (TPSA) is 85.2 Å². The van der Waals surface area contributed by atoms with Crippen molar-refractivity contribution in [2.45, 2.75) is 44.9 Å². The minimum atomic E-state index is -4.41. The third-order valence-electron chi connectivity index (χ3n) is 3.78. The quantitative estimate of drug-likeness (QED) is 0.504. The van der Waals surface area contributed by atoms with Gasteiger partial charge in [0.25, 0.3) is 0 Å². The van der Waals surface area contributed by atoms with Crippen molar-refractivity contribution in [3.8, 4) is 17.2 Å². The first-order chi connectivity index (χ1) is 13.5. The highest BCUT2D eigenvalue weighted by Crippen LogP contribution is 2.31. The SMILES string of the molecule is CC(O)OC(=O)CC(O)C(C)Oc1ccc(Oc2ccc(C(F)(F)F)cc2)cc1. The van der Waals surface area contributed by atoms with Gasteiger partial charge in [0.05, 0.1) is 12.0 Å². The van der Waals surface area contributed by atoms with Gasteiger partial charge in [-0.15, -0.1) is 0 Å². The van der Waals surface area contributed by atoms with E-state index >= 15 is 0 Å². The molecule has 0 aliphatic carbocycles. The van der Waals surface area contributed by atoms with Crippen molar-refractivity contribution in [1.29, 1.82) is 0 Å². The molecule has 0 radical (unpaired) electrons. The maximum atomic E-state index is 12.6. The van der Waals surface area contributed by atoms with Crippen LogP contribution in [0.2, 0.25) is 0 Å². The van der Waals surface area contributed by atoms with E-state index in [9.17, 15) is 23.1 Å². The minimum absolute atomic E-state index is 0.243. The number of hydrogen-bond acceptors (Lipinski definition) is 6. The second-order valence-electron chi connectivity index (χ2n) is 6.28. The van der Waals surface area contributed by atoms with Crippen LogP contribution in [0.15, 0.2) is 48.5 Å². The maximum Gasteiger partial charge on any atom is 0.416 e. The lowest BCUT2D eigenvalue weighted by atomic mass is 10.1. The van der Waals surface area contributed by atoms with Crippen molar-refractivity contribution in [3.63, 3.8) is 0 Å². The van der Waals surface area contributed by atoms with Crippen molar-refractivity contribution in [3.05, 3.63) is 54.1 Å². The average Bonchev–Trinajstić information content (AvgIpc) is 2.62. The number of rotatable bonds is 8. The smallest absolute Gasteiger partial charge is 0.416 e. The highest BCUT2D eigenvalue weighted by atomic mass is 19.4. The van der Waals surface area contributed by atoms with Crippen molar-refractivity contribution in [2.24, 2.45) is 0 Å². The van der Waals surface area contributed by atoms with Gasteiger partial charge >= 0.3 is 12.1 Å². The molecule has 0 aliphatic rings. The lowest BCUT2D eigenvalue weighted by molar-refractivity contribution is -0.168. The van der Waals surface area contributed by atoms with Gasteiger partial charge in [-0.1, -0.05) is 0 Å². The number of aliphatic hydroxyl groups is 2. The number of benzene rings is 2. The van der Waals surface area contributed by atoms with Crippen LogP contribution in [0.4, 0.5) is 13.2 Å². The maximum absolute atomic E-state index is 12.6. The van der Waals surface area contributed by atoms with Gasteiger partial charge in [-0.05, 0) is 62.4 Å². The van der Waals surface area contributed by atoms with Crippen molar-refractivity contribution >= 4 is 5.97 Å². The number of halogens is 3. The Labute approximate surface area is 165 Å². The van der Waals surface area contributed by atoms with E-state index in [2.05, 4.69) is 4.74 Å². The van der Waals surface area contributed by atoms with Crippen LogP contribution in [0, 0.1) is 0 Å². The number of alkyl halides is 3. The van der Waals surface area contributed by atoms with Crippen LogP contribution in [0.25, 0.3) is 0 Å². The standard InChI is InChI=1S/C20H21F3O6/c1-12(18(25)11-19(26)28-13(2)24)27-15-7-9-17(10-8-15)29-16-5-3-14(4-6-16)20(21,22)23/h3-10,12-13,18,24-25H,11H2,1-2H3. The molecule has 0 aromatic heterocycles. The molecule has 2 aromatic rings. The zero-order chi connectivity index (χ0) is 21.6. The summed E-state index contributed by atoms with van der Waals surface area (Å²) < 4.78 is 53.3. The van der Waals surface area contributed by atoms with E-state index in [1.54, 1.807) is 31.2 Å². The summed E-state index contributed by atoms with van der Waals surface area (Å²) in [6, 6.07) is 10.5. The largest absolute Gasteiger partial charge is 0.488 e. The Morgan fingerprint density at radius 1 is 0.931 bits per heavy atom. The van der Waals surface area contributed by atoms with Crippen molar-refractivity contribution in [1.82, 2.24) is 0 Å². The summed E-state index contributed by atoms with van der Waals surface area (Å²) >= 11 is 0. The number of aliphatic hydroxyl groups excluding tert-OH is 2. The van der Waals surface area contributed by atoms with Crippen molar-refractivity contribution < 1.29 is 42.4 Å². The Kier molecular flexibility index (Phi) is 7.46. The summed E-state index contributed by atoms with van der Waals surface area (Å²) in [5.41, 5.74) is -0.765. The summed E-state index contributed by atoms with van der Waals surface area (Å²) in [4.78, 5) is 11.4. The van der Waals surface area contributed by atoms with E-state index in [-0.39, 0.29) is 12.2 Å². The molecule has 0 spiro atoms. The molecule has 0 bridgehead atoms. The first-order valence-electron chi connectivity index (χ1n) is 8.72. The van der Waals surface area contributed by atoms with E-state index in [1.807, 2.05) is 0 Å². The van der Waals surface area contributed by atoms with Gasteiger partial charge in [0.1, 0.15) is 29.5 Å². The van der Waals surface area contributed by atoms with Gasteiger partial charge in [0, 0.05) is 0 Å². The third kappa shape index (κ3) is 7.28. The number of carbonyl (C=O) groups is 1. The molecular formula is C20H21F3O6. The Morgan fingerprint density at radius 3 is 1.90 bits per heavy atom. The predicted octanol–water partition coefficient (Wildman–Crippen LogP) is 3.90. The number of carbonyl (C=O) groups excluding carboxylic acids is 1. The van der Waals surface area contributed by atoms with Crippen LogP contribution in [-0.4, -0.2) is 34.7 Å². The second-order valence-corrected chi connectivity index (χ2v) is 6.28. The fourth-order valence-electron chi connectivity index (χ4n) is 2.30. The molecule has 6 nitrogen and oxygen atoms in total. The van der Waals surface area contributed by atoms with Crippen LogP contribution in [0.3, 0.4) is 0 Å². The van der Waals surface area contributed by atoms with E-state index in [1.165, 1.54) is 19.1 Å². The summed E-state index contributed by atoms with van der Waals surface area (Å²) in [6.07, 6.45) is -7.90.